The van der Waals surface area contributed by atoms with Gasteiger partial charge in [0.15, 0.2) is 0 Å². The summed E-state index contributed by atoms with van der Waals surface area (Å²) in [6.07, 6.45) is 2.28. The van der Waals surface area contributed by atoms with Crippen LogP contribution in [-0.2, 0) is 19.6 Å². The zero-order chi connectivity index (χ0) is 16.3. The number of carboxylic acids is 1. The molecule has 1 rings (SSSR count). The number of sulfonamides is 1. The molecule has 0 spiro atoms. The fourth-order valence-electron chi connectivity index (χ4n) is 2.60. The highest BCUT2D eigenvalue weighted by Crippen LogP contribution is 2.38. The summed E-state index contributed by atoms with van der Waals surface area (Å²) in [7, 11) is -3.48. The van der Waals surface area contributed by atoms with E-state index in [2.05, 4.69) is 10.0 Å². The smallest absolute Gasteiger partial charge is 0.311 e. The summed E-state index contributed by atoms with van der Waals surface area (Å²) < 4.78 is 25.6. The second-order valence-electron chi connectivity index (χ2n) is 5.83. The highest BCUT2D eigenvalue weighted by molar-refractivity contribution is 7.89. The quantitative estimate of drug-likeness (QED) is 0.631. The summed E-state index contributed by atoms with van der Waals surface area (Å²) in [6, 6.07) is -1.39. The number of aliphatic carboxylic acids is 1. The minimum atomic E-state index is -3.48. The van der Waals surface area contributed by atoms with Crippen LogP contribution in [-0.4, -0.2) is 43.2 Å². The van der Waals surface area contributed by atoms with E-state index in [4.69, 9.17) is 0 Å². The van der Waals surface area contributed by atoms with Crippen molar-refractivity contribution in [3.63, 3.8) is 0 Å². The Bertz CT molecular complexity index is 505. The van der Waals surface area contributed by atoms with Crippen LogP contribution in [0.25, 0.3) is 0 Å². The first-order valence-corrected chi connectivity index (χ1v) is 8.81. The van der Waals surface area contributed by atoms with Crippen molar-refractivity contribution in [3.05, 3.63) is 0 Å². The molecule has 3 unspecified atom stereocenters. The van der Waals surface area contributed by atoms with Gasteiger partial charge in [-0.1, -0.05) is 13.3 Å². The average molecular weight is 320 g/mol. The molecular weight excluding hydrogens is 296 g/mol. The molecule has 1 aliphatic rings. The maximum absolute atomic E-state index is 12.1. The van der Waals surface area contributed by atoms with Crippen LogP contribution < -0.4 is 10.0 Å². The topological polar surface area (TPSA) is 113 Å². The van der Waals surface area contributed by atoms with Crippen molar-refractivity contribution in [1.82, 2.24) is 10.0 Å². The fraction of sp³-hybridized carbons (Fsp3) is 0.846. The molecule has 122 valence electrons. The fourth-order valence-corrected chi connectivity index (χ4v) is 3.90. The monoisotopic (exact) mass is 320 g/mol. The third kappa shape index (κ3) is 4.41. The molecule has 0 aromatic heterocycles. The van der Waals surface area contributed by atoms with Gasteiger partial charge in [0.05, 0.1) is 17.2 Å². The van der Waals surface area contributed by atoms with Gasteiger partial charge < -0.3 is 10.4 Å². The van der Waals surface area contributed by atoms with Crippen molar-refractivity contribution in [2.24, 2.45) is 5.41 Å². The molecule has 3 N–H and O–H groups in total. The molecule has 1 fully saturated rings. The van der Waals surface area contributed by atoms with E-state index >= 15 is 0 Å². The largest absolute Gasteiger partial charge is 0.481 e. The Hall–Kier alpha value is -1.15. The Morgan fingerprint density at radius 2 is 2.05 bits per heavy atom. The van der Waals surface area contributed by atoms with Gasteiger partial charge in [-0.05, 0) is 33.1 Å². The van der Waals surface area contributed by atoms with Crippen LogP contribution in [0.2, 0.25) is 0 Å². The molecule has 0 heterocycles. The van der Waals surface area contributed by atoms with Crippen molar-refractivity contribution in [1.29, 1.82) is 0 Å². The van der Waals surface area contributed by atoms with E-state index in [1.165, 1.54) is 6.92 Å². The lowest BCUT2D eigenvalue weighted by Crippen LogP contribution is -2.53. The first kappa shape index (κ1) is 17.9. The van der Waals surface area contributed by atoms with Crippen molar-refractivity contribution in [2.45, 2.75) is 58.5 Å². The second kappa shape index (κ2) is 6.74. The van der Waals surface area contributed by atoms with E-state index in [-0.39, 0.29) is 5.75 Å². The molecule has 0 radical (unpaired) electrons. The molecule has 0 bridgehead atoms. The summed E-state index contributed by atoms with van der Waals surface area (Å²) in [5.41, 5.74) is -0.988. The normalized spacial score (nSPS) is 27.3. The predicted molar refractivity (Wildman–Crippen MR) is 78.2 cm³/mol. The Labute approximate surface area is 125 Å². The molecular formula is C13H24N2O5S. The summed E-state index contributed by atoms with van der Waals surface area (Å²) in [4.78, 5) is 23.4. The first-order chi connectivity index (χ1) is 9.62. The second-order valence-corrected chi connectivity index (χ2v) is 7.71. The van der Waals surface area contributed by atoms with Gasteiger partial charge in [0, 0.05) is 6.04 Å². The van der Waals surface area contributed by atoms with Crippen molar-refractivity contribution < 1.29 is 23.1 Å². The Morgan fingerprint density at radius 3 is 2.57 bits per heavy atom. The van der Waals surface area contributed by atoms with Crippen molar-refractivity contribution >= 4 is 21.9 Å². The van der Waals surface area contributed by atoms with Crippen LogP contribution in [0.5, 0.6) is 0 Å². The van der Waals surface area contributed by atoms with Crippen molar-refractivity contribution in [3.8, 4) is 0 Å². The molecule has 21 heavy (non-hydrogen) atoms. The first-order valence-electron chi connectivity index (χ1n) is 7.16. The van der Waals surface area contributed by atoms with Crippen LogP contribution in [0.4, 0.5) is 0 Å². The number of rotatable bonds is 7. The SMILES string of the molecule is CCCS(=O)(=O)NC(C)C(=O)NC1CCCC1(C)C(=O)O. The summed E-state index contributed by atoms with van der Waals surface area (Å²) in [5, 5.41) is 12.0. The minimum Gasteiger partial charge on any atom is -0.481 e. The molecule has 3 atom stereocenters. The standard InChI is InChI=1S/C13H24N2O5S/c1-4-8-21(19,20)15-9(2)11(16)14-10-6-5-7-13(10,3)12(17)18/h9-10,15H,4-8H2,1-3H3,(H,14,16)(H,17,18). The Morgan fingerprint density at radius 1 is 1.43 bits per heavy atom. The van der Waals surface area contributed by atoms with Crippen LogP contribution in [0.1, 0.15) is 46.5 Å². The van der Waals surface area contributed by atoms with Crippen LogP contribution in [0.3, 0.4) is 0 Å². The van der Waals surface area contributed by atoms with E-state index < -0.39 is 39.4 Å². The van der Waals surface area contributed by atoms with E-state index in [1.807, 2.05) is 0 Å². The summed E-state index contributed by atoms with van der Waals surface area (Å²) in [5.74, 6) is -1.47. The number of carbonyl (C=O) groups excluding carboxylic acids is 1. The Balaban J connectivity index is 2.67. The van der Waals surface area contributed by atoms with Crippen LogP contribution >= 0.6 is 0 Å². The molecule has 1 amide bonds. The highest BCUT2D eigenvalue weighted by Gasteiger charge is 2.46. The third-order valence-electron chi connectivity index (χ3n) is 3.99. The van der Waals surface area contributed by atoms with Gasteiger partial charge in [0.25, 0.3) is 0 Å². The molecule has 1 aliphatic carbocycles. The molecule has 0 aromatic rings. The average Bonchev–Trinajstić information content (AvgIpc) is 2.71. The predicted octanol–water partition coefficient (Wildman–Crippen LogP) is 0.464. The van der Waals surface area contributed by atoms with Crippen molar-refractivity contribution in [2.75, 3.05) is 5.75 Å². The molecule has 1 saturated carbocycles. The lowest BCUT2D eigenvalue weighted by molar-refractivity contribution is -0.149. The number of nitrogens with one attached hydrogen (secondary N) is 2. The lowest BCUT2D eigenvalue weighted by Gasteiger charge is -2.28. The minimum absolute atomic E-state index is 0.0408. The van der Waals surface area contributed by atoms with Gasteiger partial charge in [-0.2, -0.15) is 0 Å². The summed E-state index contributed by atoms with van der Waals surface area (Å²) in [6.45, 7) is 4.80. The van der Waals surface area contributed by atoms with E-state index in [9.17, 15) is 23.1 Å². The lowest BCUT2D eigenvalue weighted by atomic mass is 9.85. The molecule has 8 heteroatoms. The number of carbonyl (C=O) groups is 2. The third-order valence-corrected chi connectivity index (χ3v) is 5.64. The molecule has 0 aromatic carbocycles. The van der Waals surface area contributed by atoms with Gasteiger partial charge in [-0.15, -0.1) is 0 Å². The number of carboxylic acid groups (broad SMARTS) is 1. The summed E-state index contributed by atoms with van der Waals surface area (Å²) >= 11 is 0. The maximum Gasteiger partial charge on any atom is 0.311 e. The van der Waals surface area contributed by atoms with Gasteiger partial charge in [0.2, 0.25) is 15.9 Å². The van der Waals surface area contributed by atoms with E-state index in [0.29, 0.717) is 19.3 Å². The zero-order valence-electron chi connectivity index (χ0n) is 12.7. The molecule has 7 nitrogen and oxygen atoms in total. The zero-order valence-corrected chi connectivity index (χ0v) is 13.5. The molecule has 0 saturated heterocycles. The van der Waals surface area contributed by atoms with Gasteiger partial charge in [-0.3, -0.25) is 9.59 Å². The van der Waals surface area contributed by atoms with Crippen LogP contribution in [0.15, 0.2) is 0 Å². The van der Waals surface area contributed by atoms with Gasteiger partial charge >= 0.3 is 5.97 Å². The van der Waals surface area contributed by atoms with E-state index in [1.54, 1.807) is 13.8 Å². The van der Waals surface area contributed by atoms with Gasteiger partial charge in [0.1, 0.15) is 0 Å². The maximum atomic E-state index is 12.1. The number of hydrogen-bond donors (Lipinski definition) is 3. The van der Waals surface area contributed by atoms with Crippen LogP contribution in [0, 0.1) is 5.41 Å². The Kier molecular flexibility index (Phi) is 5.75. The number of amides is 1. The van der Waals surface area contributed by atoms with E-state index in [0.717, 1.165) is 6.42 Å². The van der Waals surface area contributed by atoms with Gasteiger partial charge in [-0.25, -0.2) is 13.1 Å². The molecule has 0 aliphatic heterocycles. The highest BCUT2D eigenvalue weighted by atomic mass is 32.2. The number of hydrogen-bond acceptors (Lipinski definition) is 4.